The van der Waals surface area contributed by atoms with E-state index in [0.717, 1.165) is 32.2 Å². The van der Waals surface area contributed by atoms with Crippen LogP contribution in [0.25, 0.3) is 10.9 Å². The summed E-state index contributed by atoms with van der Waals surface area (Å²) in [7, 11) is 0. The Balaban J connectivity index is 2.13. The van der Waals surface area contributed by atoms with Crippen molar-refractivity contribution in [3.05, 3.63) is 30.0 Å². The quantitative estimate of drug-likeness (QED) is 0.708. The zero-order chi connectivity index (χ0) is 13.0. The number of nitrogens with zero attached hydrogens (tertiary/aromatic N) is 2. The SMILES string of the molecule is CCC(Cl)CCCc1nn(CC)c2ccccc12. The third kappa shape index (κ3) is 2.86. The molecule has 0 N–H and O–H groups in total. The molecule has 0 aliphatic heterocycles. The Morgan fingerprint density at radius 1 is 1.28 bits per heavy atom. The number of hydrogen-bond acceptors (Lipinski definition) is 1. The van der Waals surface area contributed by atoms with Crippen molar-refractivity contribution in [2.75, 3.05) is 0 Å². The van der Waals surface area contributed by atoms with E-state index in [9.17, 15) is 0 Å². The molecule has 18 heavy (non-hydrogen) atoms. The molecule has 0 amide bonds. The van der Waals surface area contributed by atoms with E-state index in [2.05, 4.69) is 42.8 Å². The van der Waals surface area contributed by atoms with Gasteiger partial charge in [0, 0.05) is 17.3 Å². The lowest BCUT2D eigenvalue weighted by Crippen LogP contribution is -1.99. The standard InChI is InChI=1S/C15H21ClN2/c1-3-12(16)8-7-10-14-13-9-5-6-11-15(13)18(4-2)17-14/h5-6,9,11-12H,3-4,7-8,10H2,1-2H3. The summed E-state index contributed by atoms with van der Waals surface area (Å²) < 4.78 is 2.09. The van der Waals surface area contributed by atoms with Gasteiger partial charge in [-0.15, -0.1) is 11.6 Å². The molecular weight excluding hydrogens is 244 g/mol. The first-order valence-corrected chi connectivity index (χ1v) is 7.28. The second-order valence-corrected chi connectivity index (χ2v) is 5.29. The molecule has 2 nitrogen and oxygen atoms in total. The van der Waals surface area contributed by atoms with Gasteiger partial charge in [0.2, 0.25) is 0 Å². The van der Waals surface area contributed by atoms with Gasteiger partial charge in [0.05, 0.1) is 11.2 Å². The van der Waals surface area contributed by atoms with Crippen LogP contribution >= 0.6 is 11.6 Å². The Labute approximate surface area is 114 Å². The molecule has 0 fully saturated rings. The summed E-state index contributed by atoms with van der Waals surface area (Å²) in [6.07, 6.45) is 4.26. The van der Waals surface area contributed by atoms with Crippen molar-refractivity contribution >= 4 is 22.5 Å². The van der Waals surface area contributed by atoms with E-state index in [0.29, 0.717) is 5.38 Å². The van der Waals surface area contributed by atoms with Crippen LogP contribution in [0.5, 0.6) is 0 Å². The van der Waals surface area contributed by atoms with E-state index in [1.165, 1.54) is 16.6 Å². The van der Waals surface area contributed by atoms with Crippen LogP contribution in [0.3, 0.4) is 0 Å². The van der Waals surface area contributed by atoms with E-state index in [1.807, 2.05) is 0 Å². The Hall–Kier alpha value is -1.02. The van der Waals surface area contributed by atoms with E-state index < -0.39 is 0 Å². The van der Waals surface area contributed by atoms with Gasteiger partial charge in [0.1, 0.15) is 0 Å². The van der Waals surface area contributed by atoms with Gasteiger partial charge in [0.25, 0.3) is 0 Å². The molecule has 0 saturated heterocycles. The number of aromatic nitrogens is 2. The van der Waals surface area contributed by atoms with Crippen molar-refractivity contribution < 1.29 is 0 Å². The molecule has 0 bridgehead atoms. The van der Waals surface area contributed by atoms with E-state index in [4.69, 9.17) is 16.7 Å². The molecule has 1 aromatic carbocycles. The molecule has 0 aliphatic rings. The molecule has 1 unspecified atom stereocenters. The predicted octanol–water partition coefficient (Wildman–Crippen LogP) is 4.40. The molecule has 0 spiro atoms. The molecule has 1 aromatic heterocycles. The minimum atomic E-state index is 0.310. The monoisotopic (exact) mass is 264 g/mol. The minimum absolute atomic E-state index is 0.310. The second kappa shape index (κ2) is 6.24. The maximum atomic E-state index is 6.16. The number of halogens is 1. The first-order chi connectivity index (χ1) is 8.76. The normalized spacial score (nSPS) is 13.1. The van der Waals surface area contributed by atoms with Crippen LogP contribution in [-0.2, 0) is 13.0 Å². The molecule has 1 heterocycles. The second-order valence-electron chi connectivity index (χ2n) is 4.68. The largest absolute Gasteiger partial charge is 0.265 e. The highest BCUT2D eigenvalue weighted by Gasteiger charge is 2.09. The third-order valence-electron chi connectivity index (χ3n) is 3.41. The molecular formula is C15H21ClN2. The minimum Gasteiger partial charge on any atom is -0.265 e. The number of aryl methyl sites for hydroxylation is 2. The van der Waals surface area contributed by atoms with Crippen molar-refractivity contribution in [2.24, 2.45) is 0 Å². The molecule has 98 valence electrons. The van der Waals surface area contributed by atoms with Gasteiger partial charge in [-0.1, -0.05) is 25.1 Å². The first kappa shape index (κ1) is 13.4. The van der Waals surface area contributed by atoms with Crippen LogP contribution in [0.2, 0.25) is 0 Å². The average Bonchev–Trinajstić information content (AvgIpc) is 2.77. The lowest BCUT2D eigenvalue weighted by atomic mass is 10.1. The number of rotatable bonds is 6. The summed E-state index contributed by atoms with van der Waals surface area (Å²) in [5.41, 5.74) is 2.46. The zero-order valence-electron chi connectivity index (χ0n) is 11.2. The van der Waals surface area contributed by atoms with Crippen LogP contribution in [-0.4, -0.2) is 15.2 Å². The fourth-order valence-electron chi connectivity index (χ4n) is 2.32. The topological polar surface area (TPSA) is 17.8 Å². The van der Waals surface area contributed by atoms with Crippen LogP contribution < -0.4 is 0 Å². The summed E-state index contributed by atoms with van der Waals surface area (Å²) in [5.74, 6) is 0. The van der Waals surface area contributed by atoms with Crippen LogP contribution in [0.15, 0.2) is 24.3 Å². The smallest absolute Gasteiger partial charge is 0.0703 e. The lowest BCUT2D eigenvalue weighted by Gasteiger charge is -2.04. The summed E-state index contributed by atoms with van der Waals surface area (Å²) in [6, 6.07) is 8.48. The van der Waals surface area contributed by atoms with Crippen LogP contribution in [0, 0.1) is 0 Å². The fourth-order valence-corrected chi connectivity index (χ4v) is 2.47. The van der Waals surface area contributed by atoms with Crippen molar-refractivity contribution in [3.63, 3.8) is 0 Å². The van der Waals surface area contributed by atoms with Crippen molar-refractivity contribution in [2.45, 2.75) is 51.5 Å². The molecule has 2 rings (SSSR count). The van der Waals surface area contributed by atoms with Gasteiger partial charge >= 0.3 is 0 Å². The van der Waals surface area contributed by atoms with Crippen molar-refractivity contribution in [1.82, 2.24) is 9.78 Å². The molecule has 0 saturated carbocycles. The summed E-state index contributed by atoms with van der Waals surface area (Å²) in [5, 5.41) is 6.31. The van der Waals surface area contributed by atoms with Gasteiger partial charge in [-0.2, -0.15) is 5.10 Å². The highest BCUT2D eigenvalue weighted by molar-refractivity contribution is 6.20. The summed E-state index contributed by atoms with van der Waals surface area (Å²) in [4.78, 5) is 0. The average molecular weight is 265 g/mol. The Morgan fingerprint density at radius 3 is 2.78 bits per heavy atom. The number of para-hydroxylation sites is 1. The first-order valence-electron chi connectivity index (χ1n) is 6.84. The number of hydrogen-bond donors (Lipinski definition) is 0. The number of alkyl halides is 1. The fraction of sp³-hybridized carbons (Fsp3) is 0.533. The Morgan fingerprint density at radius 2 is 2.06 bits per heavy atom. The highest BCUT2D eigenvalue weighted by Crippen LogP contribution is 2.21. The van der Waals surface area contributed by atoms with Gasteiger partial charge in [-0.25, -0.2) is 0 Å². The van der Waals surface area contributed by atoms with E-state index in [1.54, 1.807) is 0 Å². The maximum absolute atomic E-state index is 6.16. The van der Waals surface area contributed by atoms with Gasteiger partial charge in [-0.3, -0.25) is 4.68 Å². The van der Waals surface area contributed by atoms with E-state index >= 15 is 0 Å². The Bertz CT molecular complexity index is 504. The molecule has 0 radical (unpaired) electrons. The van der Waals surface area contributed by atoms with Gasteiger partial charge < -0.3 is 0 Å². The predicted molar refractivity (Wildman–Crippen MR) is 78.3 cm³/mol. The number of fused-ring (bicyclic) bond motifs is 1. The van der Waals surface area contributed by atoms with E-state index in [-0.39, 0.29) is 0 Å². The molecule has 2 aromatic rings. The summed E-state index contributed by atoms with van der Waals surface area (Å²) >= 11 is 6.16. The highest BCUT2D eigenvalue weighted by atomic mass is 35.5. The molecule has 3 heteroatoms. The lowest BCUT2D eigenvalue weighted by molar-refractivity contribution is 0.637. The molecule has 1 atom stereocenters. The van der Waals surface area contributed by atoms with Crippen LogP contribution in [0.4, 0.5) is 0 Å². The summed E-state index contributed by atoms with van der Waals surface area (Å²) in [6.45, 7) is 5.20. The Kier molecular flexibility index (Phi) is 4.65. The third-order valence-corrected chi connectivity index (χ3v) is 3.93. The number of benzene rings is 1. The van der Waals surface area contributed by atoms with Crippen LogP contribution in [0.1, 0.15) is 38.8 Å². The van der Waals surface area contributed by atoms with Gasteiger partial charge in [0.15, 0.2) is 0 Å². The van der Waals surface area contributed by atoms with Crippen molar-refractivity contribution in [3.8, 4) is 0 Å². The van der Waals surface area contributed by atoms with Gasteiger partial charge in [-0.05, 0) is 38.7 Å². The maximum Gasteiger partial charge on any atom is 0.0703 e. The van der Waals surface area contributed by atoms with Crippen molar-refractivity contribution in [1.29, 1.82) is 0 Å². The zero-order valence-corrected chi connectivity index (χ0v) is 12.0. The molecule has 0 aliphatic carbocycles.